The van der Waals surface area contributed by atoms with Crippen LogP contribution in [0.15, 0.2) is 0 Å². The van der Waals surface area contributed by atoms with Crippen molar-refractivity contribution in [3.63, 3.8) is 0 Å². The Bertz CT molecular complexity index is 92.9. The highest BCUT2D eigenvalue weighted by molar-refractivity contribution is 4.81. The largest absolute Gasteiger partial charge is 0.327 e. The van der Waals surface area contributed by atoms with Gasteiger partial charge in [-0.2, -0.15) is 0 Å². The highest BCUT2D eigenvalue weighted by atomic mass is 15.0. The average Bonchev–Trinajstić information content (AvgIpc) is 1.80. The number of hydrogen-bond acceptors (Lipinski definition) is 2. The van der Waals surface area contributed by atoms with Gasteiger partial charge in [0.25, 0.3) is 0 Å². The molecular formula is C7H16N2. The molecule has 0 aromatic heterocycles. The van der Waals surface area contributed by atoms with Crippen LogP contribution in [0, 0.1) is 5.92 Å². The third-order valence-electron chi connectivity index (χ3n) is 2.23. The molecule has 0 radical (unpaired) electrons. The van der Waals surface area contributed by atoms with Gasteiger partial charge in [0.15, 0.2) is 0 Å². The average molecular weight is 128 g/mol. The van der Waals surface area contributed by atoms with Gasteiger partial charge >= 0.3 is 0 Å². The van der Waals surface area contributed by atoms with E-state index in [0.717, 1.165) is 12.5 Å². The molecule has 1 aliphatic heterocycles. The van der Waals surface area contributed by atoms with Crippen LogP contribution < -0.4 is 11.1 Å². The van der Waals surface area contributed by atoms with Crippen LogP contribution in [-0.4, -0.2) is 18.6 Å². The Morgan fingerprint density at radius 3 is 2.56 bits per heavy atom. The quantitative estimate of drug-likeness (QED) is 0.493. The first-order valence-electron chi connectivity index (χ1n) is 3.69. The zero-order valence-electron chi connectivity index (χ0n) is 6.22. The van der Waals surface area contributed by atoms with Crippen molar-refractivity contribution in [2.45, 2.75) is 32.4 Å². The minimum atomic E-state index is 0.385. The molecule has 0 spiro atoms. The van der Waals surface area contributed by atoms with E-state index < -0.39 is 0 Å². The summed E-state index contributed by atoms with van der Waals surface area (Å²) in [6.45, 7) is 5.46. The Labute approximate surface area is 56.8 Å². The number of nitrogens with two attached hydrogens (primary N) is 1. The lowest BCUT2D eigenvalue weighted by Gasteiger charge is -2.30. The molecule has 3 N–H and O–H groups in total. The Hall–Kier alpha value is -0.0800. The molecule has 3 atom stereocenters. The van der Waals surface area contributed by atoms with Crippen molar-refractivity contribution < 1.29 is 0 Å². The third-order valence-corrected chi connectivity index (χ3v) is 2.23. The second kappa shape index (κ2) is 2.67. The van der Waals surface area contributed by atoms with Gasteiger partial charge < -0.3 is 11.1 Å². The predicted octanol–water partition coefficient (Wildman–Crippen LogP) is 0.332. The van der Waals surface area contributed by atoms with Crippen LogP contribution in [0.2, 0.25) is 0 Å². The minimum absolute atomic E-state index is 0.385. The molecule has 1 rings (SSSR count). The van der Waals surface area contributed by atoms with E-state index in [1.165, 1.54) is 6.42 Å². The maximum Gasteiger partial charge on any atom is 0.0168 e. The second-order valence-electron chi connectivity index (χ2n) is 3.17. The molecule has 0 aromatic carbocycles. The molecule has 9 heavy (non-hydrogen) atoms. The Morgan fingerprint density at radius 1 is 1.44 bits per heavy atom. The van der Waals surface area contributed by atoms with Gasteiger partial charge in [0.2, 0.25) is 0 Å². The number of rotatable bonds is 0. The fraction of sp³-hybridized carbons (Fsp3) is 1.00. The zero-order valence-corrected chi connectivity index (χ0v) is 6.22. The van der Waals surface area contributed by atoms with Gasteiger partial charge in [-0.25, -0.2) is 0 Å². The summed E-state index contributed by atoms with van der Waals surface area (Å²) in [5.41, 5.74) is 5.72. The van der Waals surface area contributed by atoms with E-state index in [2.05, 4.69) is 19.2 Å². The van der Waals surface area contributed by atoms with Crippen molar-refractivity contribution in [2.24, 2.45) is 11.7 Å². The van der Waals surface area contributed by atoms with Crippen LogP contribution in [0.3, 0.4) is 0 Å². The van der Waals surface area contributed by atoms with Crippen molar-refractivity contribution in [2.75, 3.05) is 6.54 Å². The van der Waals surface area contributed by atoms with Crippen LogP contribution in [-0.2, 0) is 0 Å². The molecule has 54 valence electrons. The molecule has 1 aliphatic rings. The van der Waals surface area contributed by atoms with E-state index in [4.69, 9.17) is 5.73 Å². The van der Waals surface area contributed by atoms with E-state index in [-0.39, 0.29) is 0 Å². The second-order valence-corrected chi connectivity index (χ2v) is 3.17. The zero-order chi connectivity index (χ0) is 6.85. The molecule has 2 heteroatoms. The standard InChI is InChI=1S/C7H16N2/c1-5-3-7(8)4-9-6(5)2/h5-7,9H,3-4,8H2,1-2H3. The first kappa shape index (κ1) is 7.03. The fourth-order valence-corrected chi connectivity index (χ4v) is 1.30. The summed E-state index contributed by atoms with van der Waals surface area (Å²) in [6, 6.07) is 1.04. The Kier molecular flexibility index (Phi) is 2.09. The molecule has 3 unspecified atom stereocenters. The normalized spacial score (nSPS) is 45.0. The number of hydrogen-bond donors (Lipinski definition) is 2. The third kappa shape index (κ3) is 1.66. The summed E-state index contributed by atoms with van der Waals surface area (Å²) in [4.78, 5) is 0. The highest BCUT2D eigenvalue weighted by Gasteiger charge is 2.20. The molecule has 0 amide bonds. The van der Waals surface area contributed by atoms with Crippen molar-refractivity contribution in [3.05, 3.63) is 0 Å². The molecule has 0 bridgehead atoms. The van der Waals surface area contributed by atoms with Gasteiger partial charge in [-0.1, -0.05) is 6.92 Å². The minimum Gasteiger partial charge on any atom is -0.327 e. The van der Waals surface area contributed by atoms with Crippen molar-refractivity contribution in [3.8, 4) is 0 Å². The topological polar surface area (TPSA) is 38.0 Å². The summed E-state index contributed by atoms with van der Waals surface area (Å²) in [5.74, 6) is 0.744. The predicted molar refractivity (Wildman–Crippen MR) is 39.2 cm³/mol. The summed E-state index contributed by atoms with van der Waals surface area (Å²) < 4.78 is 0. The SMILES string of the molecule is CC1CC(N)CNC1C. The van der Waals surface area contributed by atoms with Crippen molar-refractivity contribution in [1.29, 1.82) is 0 Å². The molecule has 1 heterocycles. The van der Waals surface area contributed by atoms with Crippen molar-refractivity contribution >= 4 is 0 Å². The summed E-state index contributed by atoms with van der Waals surface area (Å²) >= 11 is 0. The first-order chi connectivity index (χ1) is 4.20. The highest BCUT2D eigenvalue weighted by Crippen LogP contribution is 2.13. The smallest absolute Gasteiger partial charge is 0.0168 e. The van der Waals surface area contributed by atoms with E-state index in [1.807, 2.05) is 0 Å². The number of nitrogens with one attached hydrogen (secondary N) is 1. The summed E-state index contributed by atoms with van der Waals surface area (Å²) in [7, 11) is 0. The fourth-order valence-electron chi connectivity index (χ4n) is 1.30. The molecule has 2 nitrogen and oxygen atoms in total. The van der Waals surface area contributed by atoms with Crippen LogP contribution in [0.1, 0.15) is 20.3 Å². The van der Waals surface area contributed by atoms with Gasteiger partial charge in [0.1, 0.15) is 0 Å². The Morgan fingerprint density at radius 2 is 2.11 bits per heavy atom. The van der Waals surface area contributed by atoms with E-state index >= 15 is 0 Å². The first-order valence-corrected chi connectivity index (χ1v) is 3.69. The molecule has 0 aliphatic carbocycles. The molecule has 1 saturated heterocycles. The Balaban J connectivity index is 2.35. The van der Waals surface area contributed by atoms with Crippen molar-refractivity contribution in [1.82, 2.24) is 5.32 Å². The maximum absolute atomic E-state index is 5.72. The van der Waals surface area contributed by atoms with Gasteiger partial charge in [-0.05, 0) is 19.3 Å². The van der Waals surface area contributed by atoms with Gasteiger partial charge in [-0.3, -0.25) is 0 Å². The van der Waals surface area contributed by atoms with Crippen LogP contribution in [0.5, 0.6) is 0 Å². The molecule has 0 saturated carbocycles. The monoisotopic (exact) mass is 128 g/mol. The lowest BCUT2D eigenvalue weighted by Crippen LogP contribution is -2.48. The maximum atomic E-state index is 5.72. The molecular weight excluding hydrogens is 112 g/mol. The van der Waals surface area contributed by atoms with Crippen LogP contribution >= 0.6 is 0 Å². The lowest BCUT2D eigenvalue weighted by atomic mass is 9.91. The van der Waals surface area contributed by atoms with Crippen LogP contribution in [0.4, 0.5) is 0 Å². The van der Waals surface area contributed by atoms with Gasteiger partial charge in [-0.15, -0.1) is 0 Å². The summed E-state index contributed by atoms with van der Waals surface area (Å²) in [6.07, 6.45) is 1.17. The van der Waals surface area contributed by atoms with E-state index in [1.54, 1.807) is 0 Å². The van der Waals surface area contributed by atoms with Gasteiger partial charge in [0, 0.05) is 18.6 Å². The summed E-state index contributed by atoms with van der Waals surface area (Å²) in [5, 5.41) is 3.36. The molecule has 1 fully saturated rings. The molecule has 0 aromatic rings. The lowest BCUT2D eigenvalue weighted by molar-refractivity contribution is 0.290. The number of piperidine rings is 1. The van der Waals surface area contributed by atoms with E-state index in [9.17, 15) is 0 Å². The van der Waals surface area contributed by atoms with E-state index in [0.29, 0.717) is 12.1 Å². The van der Waals surface area contributed by atoms with Gasteiger partial charge in [0.05, 0.1) is 0 Å². The van der Waals surface area contributed by atoms with Crippen LogP contribution in [0.25, 0.3) is 0 Å².